The van der Waals surface area contributed by atoms with Gasteiger partial charge in [-0.1, -0.05) is 24.3 Å². The molecule has 1 aromatic heterocycles. The molecule has 2 heterocycles. The minimum absolute atomic E-state index is 0.0370. The molecule has 2 amide bonds. The number of hydrogen-bond donors (Lipinski definition) is 3. The van der Waals surface area contributed by atoms with Gasteiger partial charge in [0, 0.05) is 6.42 Å². The summed E-state index contributed by atoms with van der Waals surface area (Å²) in [7, 11) is 0. The Bertz CT molecular complexity index is 805. The maximum absolute atomic E-state index is 12.5. The first-order valence-electron chi connectivity index (χ1n) is 8.35. The molecule has 1 aliphatic heterocycles. The number of amides is 2. The minimum atomic E-state index is -1.20. The second kappa shape index (κ2) is 7.43. The van der Waals surface area contributed by atoms with Crippen LogP contribution in [-0.2, 0) is 4.79 Å². The van der Waals surface area contributed by atoms with Crippen LogP contribution < -0.4 is 5.32 Å². The highest BCUT2D eigenvalue weighted by Gasteiger charge is 2.39. The minimum Gasteiger partial charge on any atom is -0.465 e. The maximum atomic E-state index is 12.5. The van der Waals surface area contributed by atoms with Gasteiger partial charge in [-0.15, -0.1) is 11.3 Å². The van der Waals surface area contributed by atoms with E-state index in [1.165, 1.54) is 0 Å². The Morgan fingerprint density at radius 2 is 2.04 bits per heavy atom. The number of benzene rings is 1. The molecule has 1 aromatic carbocycles. The van der Waals surface area contributed by atoms with Crippen molar-refractivity contribution in [2.45, 2.75) is 38.5 Å². The van der Waals surface area contributed by atoms with Crippen molar-refractivity contribution in [2.75, 3.05) is 6.54 Å². The molecular weight excluding hydrogens is 354 g/mol. The number of hydrogen-bond acceptors (Lipinski definition) is 5. The van der Waals surface area contributed by atoms with Crippen molar-refractivity contribution in [2.24, 2.45) is 0 Å². The van der Waals surface area contributed by atoms with Crippen molar-refractivity contribution >= 4 is 23.3 Å². The number of nitrogens with zero attached hydrogens (tertiary/aromatic N) is 2. The molecule has 0 bridgehead atoms. The second-order valence-corrected chi connectivity index (χ2v) is 7.31. The maximum Gasteiger partial charge on any atom is 0.408 e. The van der Waals surface area contributed by atoms with Crippen molar-refractivity contribution in [3.05, 3.63) is 41.0 Å². The van der Waals surface area contributed by atoms with E-state index in [1.54, 1.807) is 11.3 Å². The summed E-state index contributed by atoms with van der Waals surface area (Å²) in [6.45, 7) is 3.78. The molecule has 0 spiro atoms. The third-order valence-corrected chi connectivity index (χ3v) is 5.58. The molecule has 0 saturated carbocycles. The third-order valence-electron chi connectivity index (χ3n) is 4.60. The van der Waals surface area contributed by atoms with Crippen LogP contribution in [0.1, 0.15) is 30.6 Å². The molecule has 138 valence electrons. The molecule has 0 unspecified atom stereocenters. The summed E-state index contributed by atoms with van der Waals surface area (Å²) in [5.74, 6) is -0.390. The topological polar surface area (TPSA) is 103 Å². The van der Waals surface area contributed by atoms with Gasteiger partial charge in [0.2, 0.25) is 5.91 Å². The molecule has 0 radical (unpaired) electrons. The van der Waals surface area contributed by atoms with Crippen LogP contribution >= 0.6 is 11.3 Å². The van der Waals surface area contributed by atoms with Crippen LogP contribution in [0.2, 0.25) is 0 Å². The van der Waals surface area contributed by atoms with E-state index in [2.05, 4.69) is 10.3 Å². The van der Waals surface area contributed by atoms with E-state index >= 15 is 0 Å². The van der Waals surface area contributed by atoms with Crippen molar-refractivity contribution in [1.82, 2.24) is 15.2 Å². The number of aryl methyl sites for hydroxylation is 1. The van der Waals surface area contributed by atoms with Gasteiger partial charge in [0.1, 0.15) is 6.04 Å². The lowest BCUT2D eigenvalue weighted by Crippen LogP contribution is -2.46. The lowest BCUT2D eigenvalue weighted by molar-refractivity contribution is -0.125. The SMILES string of the molecule is Cc1ncsc1-c1ccc([C@H](C)NC(=O)[C@@H]2C[C@@H](O)CN2C(=O)O)cc1. The molecule has 2 aromatic rings. The van der Waals surface area contributed by atoms with Gasteiger partial charge in [-0.05, 0) is 25.0 Å². The second-order valence-electron chi connectivity index (χ2n) is 6.46. The van der Waals surface area contributed by atoms with Gasteiger partial charge in [-0.2, -0.15) is 0 Å². The lowest BCUT2D eigenvalue weighted by atomic mass is 10.0. The molecule has 1 aliphatic rings. The Morgan fingerprint density at radius 3 is 2.62 bits per heavy atom. The fourth-order valence-electron chi connectivity index (χ4n) is 3.17. The van der Waals surface area contributed by atoms with Crippen molar-refractivity contribution < 1.29 is 19.8 Å². The zero-order valence-electron chi connectivity index (χ0n) is 14.5. The average Bonchev–Trinajstić information content (AvgIpc) is 3.20. The van der Waals surface area contributed by atoms with Crippen LogP contribution in [0, 0.1) is 6.92 Å². The Balaban J connectivity index is 1.68. The summed E-state index contributed by atoms with van der Waals surface area (Å²) in [4.78, 5) is 30.0. The van der Waals surface area contributed by atoms with Gasteiger partial charge in [0.25, 0.3) is 0 Å². The number of rotatable bonds is 4. The highest BCUT2D eigenvalue weighted by atomic mass is 32.1. The van der Waals surface area contributed by atoms with Crippen molar-refractivity contribution in [3.8, 4) is 10.4 Å². The summed E-state index contributed by atoms with van der Waals surface area (Å²) in [5.41, 5.74) is 4.79. The van der Waals surface area contributed by atoms with Gasteiger partial charge < -0.3 is 15.5 Å². The molecule has 7 nitrogen and oxygen atoms in total. The quantitative estimate of drug-likeness (QED) is 0.761. The van der Waals surface area contributed by atoms with Crippen LogP contribution in [0.25, 0.3) is 10.4 Å². The predicted molar refractivity (Wildman–Crippen MR) is 98.0 cm³/mol. The monoisotopic (exact) mass is 375 g/mol. The molecule has 3 rings (SSSR count). The molecule has 3 N–H and O–H groups in total. The largest absolute Gasteiger partial charge is 0.465 e. The predicted octanol–water partition coefficient (Wildman–Crippen LogP) is 2.41. The number of aliphatic hydroxyl groups is 1. The molecule has 0 aliphatic carbocycles. The third kappa shape index (κ3) is 3.71. The lowest BCUT2D eigenvalue weighted by Gasteiger charge is -2.23. The van der Waals surface area contributed by atoms with E-state index in [-0.39, 0.29) is 24.9 Å². The number of carboxylic acid groups (broad SMARTS) is 1. The van der Waals surface area contributed by atoms with Crippen molar-refractivity contribution in [1.29, 1.82) is 0 Å². The van der Waals surface area contributed by atoms with E-state index in [9.17, 15) is 19.8 Å². The molecular formula is C18H21N3O4S. The van der Waals surface area contributed by atoms with E-state index in [0.717, 1.165) is 26.6 Å². The normalized spacial score (nSPS) is 20.8. The van der Waals surface area contributed by atoms with E-state index in [1.807, 2.05) is 43.6 Å². The number of nitrogens with one attached hydrogen (secondary N) is 1. The van der Waals surface area contributed by atoms with E-state index in [0.29, 0.717) is 0 Å². The number of carbonyl (C=O) groups excluding carboxylic acids is 1. The van der Waals surface area contributed by atoms with Gasteiger partial charge in [-0.3, -0.25) is 9.69 Å². The van der Waals surface area contributed by atoms with Gasteiger partial charge in [0.15, 0.2) is 0 Å². The highest BCUT2D eigenvalue weighted by molar-refractivity contribution is 7.13. The number of β-amino-alcohol motifs (C(OH)–C–C–N with tert-alkyl or cyclic N) is 1. The van der Waals surface area contributed by atoms with E-state index < -0.39 is 18.2 Å². The molecule has 26 heavy (non-hydrogen) atoms. The number of thiazole rings is 1. The number of aliphatic hydroxyl groups excluding tert-OH is 1. The van der Waals surface area contributed by atoms with Gasteiger partial charge in [0.05, 0.1) is 34.8 Å². The van der Waals surface area contributed by atoms with Crippen LogP contribution in [-0.4, -0.2) is 50.8 Å². The number of aromatic nitrogens is 1. The zero-order chi connectivity index (χ0) is 18.8. The Kier molecular flexibility index (Phi) is 5.24. The molecule has 1 saturated heterocycles. The molecule has 1 fully saturated rings. The average molecular weight is 375 g/mol. The van der Waals surface area contributed by atoms with Gasteiger partial charge in [-0.25, -0.2) is 9.78 Å². The molecule has 3 atom stereocenters. The number of carbonyl (C=O) groups is 2. The summed E-state index contributed by atoms with van der Waals surface area (Å²) in [6, 6.07) is 6.73. The van der Waals surface area contributed by atoms with Crippen LogP contribution in [0.5, 0.6) is 0 Å². The summed E-state index contributed by atoms with van der Waals surface area (Å²) in [6.07, 6.45) is -1.88. The Hall–Kier alpha value is -2.45. The molecule has 8 heteroatoms. The zero-order valence-corrected chi connectivity index (χ0v) is 15.4. The Morgan fingerprint density at radius 1 is 1.35 bits per heavy atom. The first kappa shape index (κ1) is 18.3. The fraction of sp³-hybridized carbons (Fsp3) is 0.389. The van der Waals surface area contributed by atoms with E-state index in [4.69, 9.17) is 0 Å². The van der Waals surface area contributed by atoms with Crippen LogP contribution in [0.4, 0.5) is 4.79 Å². The number of likely N-dealkylation sites (tertiary alicyclic amines) is 1. The van der Waals surface area contributed by atoms with Crippen LogP contribution in [0.15, 0.2) is 29.8 Å². The summed E-state index contributed by atoms with van der Waals surface area (Å²) >= 11 is 1.58. The smallest absolute Gasteiger partial charge is 0.408 e. The first-order valence-corrected chi connectivity index (χ1v) is 9.23. The summed E-state index contributed by atoms with van der Waals surface area (Å²) < 4.78 is 0. The highest BCUT2D eigenvalue weighted by Crippen LogP contribution is 2.28. The fourth-order valence-corrected chi connectivity index (χ4v) is 3.98. The van der Waals surface area contributed by atoms with Crippen LogP contribution in [0.3, 0.4) is 0 Å². The Labute approximate surface area is 155 Å². The van der Waals surface area contributed by atoms with Gasteiger partial charge >= 0.3 is 6.09 Å². The van der Waals surface area contributed by atoms with Crippen molar-refractivity contribution in [3.63, 3.8) is 0 Å². The first-order chi connectivity index (χ1) is 12.4. The standard InChI is InChI=1S/C18H21N3O4S/c1-10(20-17(23)15-7-14(22)8-21(15)18(24)25)12-3-5-13(6-4-12)16-11(2)19-9-26-16/h3-6,9-10,14-15,22H,7-8H2,1-2H3,(H,20,23)(H,24,25)/t10-,14+,15-/m0/s1. The summed E-state index contributed by atoms with van der Waals surface area (Å²) in [5, 5.41) is 21.7.